The van der Waals surface area contributed by atoms with Crippen molar-refractivity contribution in [1.29, 1.82) is 0 Å². The molecule has 3 aromatic heterocycles. The van der Waals surface area contributed by atoms with E-state index in [0.29, 0.717) is 32.1 Å². The molecule has 6 rings (SSSR count). The Bertz CT molecular complexity index is 1920. The van der Waals surface area contributed by atoms with Gasteiger partial charge in [0, 0.05) is 34.6 Å². The minimum Gasteiger partial charge on any atom is -0.323 e. The van der Waals surface area contributed by atoms with E-state index in [1.165, 1.54) is 27.8 Å². The van der Waals surface area contributed by atoms with Gasteiger partial charge in [0.05, 0.1) is 47.5 Å². The van der Waals surface area contributed by atoms with E-state index >= 15 is 4.39 Å². The number of alkyl halides is 3. The lowest BCUT2D eigenvalue weighted by atomic mass is 9.93. The molecular formula is C29H23Cl2F3N8O2. The number of rotatable bonds is 4. The Balaban J connectivity index is 1.47. The van der Waals surface area contributed by atoms with Crippen molar-refractivity contribution in [3.8, 4) is 28.2 Å². The Kier molecular flexibility index (Phi) is 7.99. The SMILES string of the molecule is C[C@@H]1C[C@H](F)C[C@H](n2cnc(-c3cc(Cl)ccc3-n3cc(Cl)nn3)cc2=O)c2cccc(c2)-c2c(cnn2C(F)F)NC1=O. The molecule has 0 saturated carbocycles. The molecule has 0 spiro atoms. The predicted octanol–water partition coefficient (Wildman–Crippen LogP) is 6.35. The second kappa shape index (κ2) is 11.9. The van der Waals surface area contributed by atoms with Gasteiger partial charge in [-0.25, -0.2) is 18.7 Å². The van der Waals surface area contributed by atoms with Crippen LogP contribution in [0.15, 0.2) is 72.0 Å². The maximum absolute atomic E-state index is 15.6. The van der Waals surface area contributed by atoms with E-state index in [4.69, 9.17) is 23.2 Å². The molecule has 0 radical (unpaired) electrons. The van der Waals surface area contributed by atoms with E-state index in [1.807, 2.05) is 0 Å². The highest BCUT2D eigenvalue weighted by Crippen LogP contribution is 2.36. The molecule has 3 atom stereocenters. The smallest absolute Gasteiger partial charge is 0.323 e. The van der Waals surface area contributed by atoms with Crippen molar-refractivity contribution in [3.05, 3.63) is 93.3 Å². The normalized spacial score (nSPS) is 18.8. The maximum atomic E-state index is 15.6. The van der Waals surface area contributed by atoms with E-state index in [-0.39, 0.29) is 35.1 Å². The molecule has 2 bridgehead atoms. The number of hydrogen-bond donors (Lipinski definition) is 1. The van der Waals surface area contributed by atoms with Crippen LogP contribution >= 0.6 is 23.2 Å². The third-order valence-corrected chi connectivity index (χ3v) is 7.85. The van der Waals surface area contributed by atoms with Crippen molar-refractivity contribution >= 4 is 34.8 Å². The van der Waals surface area contributed by atoms with E-state index < -0.39 is 36.1 Å². The molecule has 4 heterocycles. The summed E-state index contributed by atoms with van der Waals surface area (Å²) in [5.74, 6) is -1.33. The number of fused-ring (bicyclic) bond motifs is 4. The number of nitrogens with zero attached hydrogens (tertiary/aromatic N) is 7. The molecule has 1 aliphatic heterocycles. The topological polar surface area (TPSA) is 113 Å². The van der Waals surface area contributed by atoms with Crippen LogP contribution in [-0.4, -0.2) is 46.4 Å². The summed E-state index contributed by atoms with van der Waals surface area (Å²) in [6.07, 6.45) is 2.10. The van der Waals surface area contributed by atoms with Crippen LogP contribution in [0, 0.1) is 5.92 Å². The van der Waals surface area contributed by atoms with Gasteiger partial charge in [-0.05, 0) is 36.2 Å². The van der Waals surface area contributed by atoms with Crippen LogP contribution in [0.4, 0.5) is 18.9 Å². The summed E-state index contributed by atoms with van der Waals surface area (Å²) >= 11 is 12.2. The zero-order chi connectivity index (χ0) is 31.1. The van der Waals surface area contributed by atoms with Crippen LogP contribution in [-0.2, 0) is 4.79 Å². The first-order chi connectivity index (χ1) is 21.1. The molecule has 0 fully saturated rings. The number of carbonyl (C=O) groups is 1. The Morgan fingerprint density at radius 2 is 1.89 bits per heavy atom. The molecule has 10 nitrogen and oxygen atoms in total. The Morgan fingerprint density at radius 3 is 2.61 bits per heavy atom. The molecule has 0 aliphatic carbocycles. The van der Waals surface area contributed by atoms with Crippen molar-refractivity contribution < 1.29 is 18.0 Å². The second-order valence-electron chi connectivity index (χ2n) is 10.4. The van der Waals surface area contributed by atoms with E-state index in [1.54, 1.807) is 49.4 Å². The fraction of sp³-hybridized carbons (Fsp3) is 0.241. The lowest BCUT2D eigenvalue weighted by Gasteiger charge is -2.25. The molecular weight excluding hydrogens is 620 g/mol. The third-order valence-electron chi connectivity index (χ3n) is 7.44. The summed E-state index contributed by atoms with van der Waals surface area (Å²) in [7, 11) is 0. The lowest BCUT2D eigenvalue weighted by Crippen LogP contribution is -2.29. The van der Waals surface area contributed by atoms with Crippen LogP contribution in [0.25, 0.3) is 28.2 Å². The van der Waals surface area contributed by atoms with Gasteiger partial charge in [0.25, 0.3) is 5.56 Å². The predicted molar refractivity (Wildman–Crippen MR) is 158 cm³/mol. The monoisotopic (exact) mass is 642 g/mol. The summed E-state index contributed by atoms with van der Waals surface area (Å²) in [5, 5.41) is 14.7. The van der Waals surface area contributed by atoms with Gasteiger partial charge in [-0.1, -0.05) is 53.5 Å². The van der Waals surface area contributed by atoms with E-state index in [9.17, 15) is 18.4 Å². The number of hydrogen-bond acceptors (Lipinski definition) is 6. The number of amides is 1. The molecule has 1 amide bonds. The summed E-state index contributed by atoms with van der Waals surface area (Å²) in [6.45, 7) is -1.44. The number of benzene rings is 2. The van der Waals surface area contributed by atoms with Gasteiger partial charge in [-0.3, -0.25) is 14.2 Å². The Hall–Kier alpha value is -4.49. The highest BCUT2D eigenvalue weighted by atomic mass is 35.5. The van der Waals surface area contributed by atoms with Crippen LogP contribution in [0.2, 0.25) is 10.2 Å². The third kappa shape index (κ3) is 5.72. The van der Waals surface area contributed by atoms with E-state index in [0.717, 1.165) is 6.20 Å². The van der Waals surface area contributed by atoms with Gasteiger partial charge in [0.2, 0.25) is 5.91 Å². The van der Waals surface area contributed by atoms with Gasteiger partial charge in [-0.15, -0.1) is 5.10 Å². The molecule has 2 aromatic carbocycles. The molecule has 15 heteroatoms. The molecule has 226 valence electrons. The number of halogens is 5. The number of aromatic nitrogens is 7. The first-order valence-corrected chi connectivity index (χ1v) is 14.2. The van der Waals surface area contributed by atoms with Gasteiger partial charge >= 0.3 is 6.55 Å². The minimum absolute atomic E-state index is 0.0129. The zero-order valence-electron chi connectivity index (χ0n) is 22.9. The van der Waals surface area contributed by atoms with E-state index in [2.05, 4.69) is 25.7 Å². The minimum atomic E-state index is -2.99. The molecule has 0 unspecified atom stereocenters. The van der Waals surface area contributed by atoms with Crippen molar-refractivity contribution in [1.82, 2.24) is 34.3 Å². The van der Waals surface area contributed by atoms with Crippen molar-refractivity contribution in [3.63, 3.8) is 0 Å². The largest absolute Gasteiger partial charge is 0.333 e. The van der Waals surface area contributed by atoms with Gasteiger partial charge < -0.3 is 5.32 Å². The summed E-state index contributed by atoms with van der Waals surface area (Å²) in [6, 6.07) is 11.8. The maximum Gasteiger partial charge on any atom is 0.333 e. The van der Waals surface area contributed by atoms with Crippen LogP contribution in [0.3, 0.4) is 0 Å². The zero-order valence-corrected chi connectivity index (χ0v) is 24.4. The summed E-state index contributed by atoms with van der Waals surface area (Å²) < 4.78 is 46.7. The molecule has 1 aliphatic rings. The summed E-state index contributed by atoms with van der Waals surface area (Å²) in [4.78, 5) is 31.1. The Labute approximate surface area is 258 Å². The van der Waals surface area contributed by atoms with Gasteiger partial charge in [0.15, 0.2) is 5.15 Å². The average molecular weight is 643 g/mol. The first kappa shape index (κ1) is 29.6. The quantitative estimate of drug-likeness (QED) is 0.244. The van der Waals surface area contributed by atoms with Gasteiger partial charge in [-0.2, -0.15) is 13.9 Å². The highest BCUT2D eigenvalue weighted by Gasteiger charge is 2.29. The summed E-state index contributed by atoms with van der Waals surface area (Å²) in [5.41, 5.74) is 1.59. The first-order valence-electron chi connectivity index (χ1n) is 13.5. The van der Waals surface area contributed by atoms with Gasteiger partial charge in [0.1, 0.15) is 6.17 Å². The average Bonchev–Trinajstić information content (AvgIpc) is 3.62. The lowest BCUT2D eigenvalue weighted by molar-refractivity contribution is -0.120. The fourth-order valence-corrected chi connectivity index (χ4v) is 5.64. The van der Waals surface area contributed by atoms with Crippen molar-refractivity contribution in [2.24, 2.45) is 5.92 Å². The molecule has 0 saturated heterocycles. The molecule has 5 aromatic rings. The fourth-order valence-electron chi connectivity index (χ4n) is 5.34. The Morgan fingerprint density at radius 1 is 1.07 bits per heavy atom. The number of nitrogens with one attached hydrogen (secondary N) is 1. The molecule has 1 N–H and O–H groups in total. The second-order valence-corrected chi connectivity index (χ2v) is 11.2. The van der Waals surface area contributed by atoms with Crippen LogP contribution < -0.4 is 10.9 Å². The van der Waals surface area contributed by atoms with Crippen molar-refractivity contribution in [2.45, 2.75) is 38.5 Å². The van der Waals surface area contributed by atoms with Crippen LogP contribution in [0.5, 0.6) is 0 Å². The number of anilines is 1. The van der Waals surface area contributed by atoms with Crippen molar-refractivity contribution in [2.75, 3.05) is 5.32 Å². The standard InChI is InChI=1S/C29H23Cl2F3N8O2/c1-15-7-19(32)10-24(16-3-2-4-17(8-16)27-22(37-28(15)44)12-36-42(27)29(33)34)40-14-35-21(11-26(40)43)20-9-18(30)5-6-23(20)41-13-25(31)38-39-41/h2-6,8-9,11-15,19,24,29H,7,10H2,1H3,(H,37,44)/t15-,19+,24+/m1/s1. The number of carbonyl (C=O) groups excluding carboxylic acids is 1. The highest BCUT2D eigenvalue weighted by molar-refractivity contribution is 6.31. The molecule has 44 heavy (non-hydrogen) atoms. The van der Waals surface area contributed by atoms with Crippen LogP contribution in [0.1, 0.15) is 37.9 Å².